The van der Waals surface area contributed by atoms with Gasteiger partial charge in [-0.2, -0.15) is 0 Å². The maximum Gasteiger partial charge on any atom is 0.224 e. The van der Waals surface area contributed by atoms with E-state index >= 15 is 0 Å². The minimum Gasteiger partial charge on any atom is -0.331 e. The average Bonchev–Trinajstić information content (AvgIpc) is 3.20. The van der Waals surface area contributed by atoms with Crippen molar-refractivity contribution in [1.82, 2.24) is 14.5 Å². The number of aryl methyl sites for hydroxylation is 1. The number of anilines is 1. The molecule has 0 aliphatic carbocycles. The third-order valence-corrected chi connectivity index (χ3v) is 5.79. The zero-order chi connectivity index (χ0) is 20.8. The molecule has 0 fully saturated rings. The van der Waals surface area contributed by atoms with Crippen molar-refractivity contribution in [2.75, 3.05) is 25.0 Å². The topological polar surface area (TPSA) is 50.2 Å². The van der Waals surface area contributed by atoms with Crippen molar-refractivity contribution in [1.29, 1.82) is 0 Å². The standard InChI is InChI=1S/C25H30N4O/c1-2-25(30)27-22-10-11-24-23(18-22)26-19-29(24)15-7-6-14-28-16-12-21(13-17-28)20-8-4-3-5-9-20/h3-5,8-12,18-19H,2,6-7,13-17H2,1H3,(H,27,30). The smallest absolute Gasteiger partial charge is 0.224 e. The summed E-state index contributed by atoms with van der Waals surface area (Å²) in [5.41, 5.74) is 5.71. The van der Waals surface area contributed by atoms with Crippen LogP contribution in [0.3, 0.4) is 0 Å². The Morgan fingerprint density at radius 3 is 2.70 bits per heavy atom. The Hall–Kier alpha value is -2.92. The third-order valence-electron chi connectivity index (χ3n) is 5.79. The van der Waals surface area contributed by atoms with Crippen LogP contribution in [0.1, 0.15) is 38.2 Å². The minimum atomic E-state index is 0.0252. The number of hydrogen-bond acceptors (Lipinski definition) is 3. The second-order valence-electron chi connectivity index (χ2n) is 7.90. The molecule has 1 N–H and O–H groups in total. The highest BCUT2D eigenvalue weighted by Gasteiger charge is 2.12. The molecule has 1 aliphatic heterocycles. The number of nitrogens with zero attached hydrogens (tertiary/aromatic N) is 3. The lowest BCUT2D eigenvalue weighted by atomic mass is 9.99. The molecular weight excluding hydrogens is 372 g/mol. The first-order valence-corrected chi connectivity index (χ1v) is 10.9. The summed E-state index contributed by atoms with van der Waals surface area (Å²) >= 11 is 0. The Kier molecular flexibility index (Phi) is 6.60. The fourth-order valence-electron chi connectivity index (χ4n) is 4.02. The predicted octanol–water partition coefficient (Wildman–Crippen LogP) is 4.95. The van der Waals surface area contributed by atoms with Crippen molar-refractivity contribution in [3.63, 3.8) is 0 Å². The maximum atomic E-state index is 11.6. The Bertz CT molecular complexity index is 1020. The molecule has 0 radical (unpaired) electrons. The van der Waals surface area contributed by atoms with Gasteiger partial charge in [-0.05, 0) is 55.1 Å². The zero-order valence-corrected chi connectivity index (χ0v) is 17.7. The molecule has 1 aliphatic rings. The summed E-state index contributed by atoms with van der Waals surface area (Å²) in [4.78, 5) is 18.6. The largest absolute Gasteiger partial charge is 0.331 e. The number of amides is 1. The van der Waals surface area contributed by atoms with Crippen molar-refractivity contribution in [2.45, 2.75) is 39.2 Å². The van der Waals surface area contributed by atoms with E-state index in [1.165, 1.54) is 17.6 Å². The summed E-state index contributed by atoms with van der Waals surface area (Å²) in [5.74, 6) is 0.0252. The molecule has 4 rings (SSSR count). The lowest BCUT2D eigenvalue weighted by Gasteiger charge is -2.26. The predicted molar refractivity (Wildman–Crippen MR) is 123 cm³/mol. The third kappa shape index (κ3) is 4.97. The fourth-order valence-corrected chi connectivity index (χ4v) is 4.02. The number of carbonyl (C=O) groups excluding carboxylic acids is 1. The molecule has 156 valence electrons. The molecule has 0 unspecified atom stereocenters. The molecule has 5 heteroatoms. The van der Waals surface area contributed by atoms with Crippen LogP contribution in [0.4, 0.5) is 5.69 Å². The normalized spacial score (nSPS) is 14.6. The average molecular weight is 403 g/mol. The van der Waals surface area contributed by atoms with Crippen LogP contribution in [0, 0.1) is 0 Å². The van der Waals surface area contributed by atoms with Gasteiger partial charge in [0, 0.05) is 31.7 Å². The number of imidazole rings is 1. The summed E-state index contributed by atoms with van der Waals surface area (Å²) in [5, 5.41) is 2.90. The highest BCUT2D eigenvalue weighted by molar-refractivity contribution is 5.92. The van der Waals surface area contributed by atoms with Crippen LogP contribution in [0.5, 0.6) is 0 Å². The van der Waals surface area contributed by atoms with Gasteiger partial charge < -0.3 is 9.88 Å². The lowest BCUT2D eigenvalue weighted by molar-refractivity contribution is -0.115. The number of rotatable bonds is 8. The van der Waals surface area contributed by atoms with Gasteiger partial charge in [0.1, 0.15) is 0 Å². The number of unbranched alkanes of at least 4 members (excludes halogenated alkanes) is 1. The van der Waals surface area contributed by atoms with E-state index in [1.807, 2.05) is 31.5 Å². The Balaban J connectivity index is 1.24. The van der Waals surface area contributed by atoms with Crippen molar-refractivity contribution < 1.29 is 4.79 Å². The Morgan fingerprint density at radius 1 is 1.10 bits per heavy atom. The molecule has 2 heterocycles. The maximum absolute atomic E-state index is 11.6. The van der Waals surface area contributed by atoms with E-state index in [-0.39, 0.29) is 5.91 Å². The highest BCUT2D eigenvalue weighted by Crippen LogP contribution is 2.22. The van der Waals surface area contributed by atoms with E-state index in [4.69, 9.17) is 0 Å². The van der Waals surface area contributed by atoms with Gasteiger partial charge >= 0.3 is 0 Å². The van der Waals surface area contributed by atoms with E-state index in [0.717, 1.165) is 55.7 Å². The summed E-state index contributed by atoms with van der Waals surface area (Å²) in [6, 6.07) is 16.7. The molecular formula is C25H30N4O. The summed E-state index contributed by atoms with van der Waals surface area (Å²) < 4.78 is 2.21. The van der Waals surface area contributed by atoms with Crippen molar-refractivity contribution in [3.05, 3.63) is 66.5 Å². The van der Waals surface area contributed by atoms with Gasteiger partial charge in [-0.1, -0.05) is 43.3 Å². The molecule has 5 nitrogen and oxygen atoms in total. The van der Waals surface area contributed by atoms with Crippen LogP contribution in [-0.2, 0) is 11.3 Å². The highest BCUT2D eigenvalue weighted by atomic mass is 16.1. The summed E-state index contributed by atoms with van der Waals surface area (Å²) in [6.07, 6.45) is 8.22. The monoisotopic (exact) mass is 402 g/mol. The first-order chi connectivity index (χ1) is 14.7. The summed E-state index contributed by atoms with van der Waals surface area (Å²) in [7, 11) is 0. The Morgan fingerprint density at radius 2 is 1.93 bits per heavy atom. The van der Waals surface area contributed by atoms with Gasteiger partial charge in [0.15, 0.2) is 0 Å². The van der Waals surface area contributed by atoms with Crippen LogP contribution >= 0.6 is 0 Å². The van der Waals surface area contributed by atoms with E-state index in [9.17, 15) is 4.79 Å². The minimum absolute atomic E-state index is 0.0252. The second kappa shape index (κ2) is 9.72. The molecule has 1 aromatic heterocycles. The molecule has 0 bridgehead atoms. The first-order valence-electron chi connectivity index (χ1n) is 10.9. The number of aromatic nitrogens is 2. The number of hydrogen-bond donors (Lipinski definition) is 1. The molecule has 3 aromatic rings. The van der Waals surface area contributed by atoms with Crippen LogP contribution in [-0.4, -0.2) is 40.0 Å². The van der Waals surface area contributed by atoms with Crippen LogP contribution in [0.15, 0.2) is 60.9 Å². The van der Waals surface area contributed by atoms with Crippen LogP contribution in [0.2, 0.25) is 0 Å². The first kappa shape index (κ1) is 20.4. The van der Waals surface area contributed by atoms with Gasteiger partial charge in [0.05, 0.1) is 17.4 Å². The van der Waals surface area contributed by atoms with Gasteiger partial charge in [-0.15, -0.1) is 0 Å². The van der Waals surface area contributed by atoms with Crippen molar-refractivity contribution in [3.8, 4) is 0 Å². The molecule has 0 spiro atoms. The molecule has 1 amide bonds. The van der Waals surface area contributed by atoms with E-state index in [2.05, 4.69) is 56.2 Å². The SMILES string of the molecule is CCC(=O)Nc1ccc2c(c1)ncn2CCCCN1CC=C(c2ccccc2)CC1. The zero-order valence-electron chi connectivity index (χ0n) is 17.7. The molecule has 0 saturated carbocycles. The van der Waals surface area contributed by atoms with Gasteiger partial charge in [-0.25, -0.2) is 4.98 Å². The summed E-state index contributed by atoms with van der Waals surface area (Å²) in [6.45, 7) is 6.14. The number of benzene rings is 2. The lowest BCUT2D eigenvalue weighted by Crippen LogP contribution is -2.29. The molecule has 0 atom stereocenters. The van der Waals surface area contributed by atoms with Gasteiger partial charge in [0.2, 0.25) is 5.91 Å². The molecule has 2 aromatic carbocycles. The van der Waals surface area contributed by atoms with E-state index in [1.54, 1.807) is 0 Å². The van der Waals surface area contributed by atoms with E-state index < -0.39 is 0 Å². The van der Waals surface area contributed by atoms with Crippen molar-refractivity contribution in [2.24, 2.45) is 0 Å². The number of fused-ring (bicyclic) bond motifs is 1. The second-order valence-corrected chi connectivity index (χ2v) is 7.90. The quantitative estimate of drug-likeness (QED) is 0.542. The molecule has 30 heavy (non-hydrogen) atoms. The Labute approximate surface area is 178 Å². The van der Waals surface area contributed by atoms with Crippen LogP contribution in [0.25, 0.3) is 16.6 Å². The number of nitrogens with one attached hydrogen (secondary N) is 1. The van der Waals surface area contributed by atoms with Gasteiger partial charge in [0.25, 0.3) is 0 Å². The van der Waals surface area contributed by atoms with Crippen LogP contribution < -0.4 is 5.32 Å². The fraction of sp³-hybridized carbons (Fsp3) is 0.360. The molecule has 0 saturated heterocycles. The van der Waals surface area contributed by atoms with E-state index in [0.29, 0.717) is 6.42 Å². The number of carbonyl (C=O) groups is 1. The van der Waals surface area contributed by atoms with Crippen molar-refractivity contribution >= 4 is 28.2 Å². The van der Waals surface area contributed by atoms with Gasteiger partial charge in [-0.3, -0.25) is 9.69 Å².